The molecule has 0 bridgehead atoms. The van der Waals surface area contributed by atoms with Gasteiger partial charge in [0.2, 0.25) is 0 Å². The van der Waals surface area contributed by atoms with E-state index in [4.69, 9.17) is 19.7 Å². The first kappa shape index (κ1) is 28.0. The topological polar surface area (TPSA) is 98.5 Å². The van der Waals surface area contributed by atoms with Gasteiger partial charge in [0, 0.05) is 31.2 Å². The van der Waals surface area contributed by atoms with Crippen LogP contribution in [0.25, 0.3) is 22.3 Å². The molecule has 3 aromatic rings. The zero-order valence-corrected chi connectivity index (χ0v) is 24.1. The molecule has 0 radical (unpaired) electrons. The Balaban J connectivity index is 1.38. The van der Waals surface area contributed by atoms with Gasteiger partial charge in [-0.25, -0.2) is 9.37 Å². The number of pyridine rings is 1. The minimum atomic E-state index is -1.02. The van der Waals surface area contributed by atoms with E-state index in [0.717, 1.165) is 48.9 Å². The summed E-state index contributed by atoms with van der Waals surface area (Å²) in [5, 5.41) is 10.2. The molecule has 3 aliphatic rings. The van der Waals surface area contributed by atoms with Gasteiger partial charge in [-0.05, 0) is 75.4 Å². The maximum atomic E-state index is 13.8. The van der Waals surface area contributed by atoms with Gasteiger partial charge in [-0.3, -0.25) is 4.79 Å². The van der Waals surface area contributed by atoms with Crippen LogP contribution in [-0.4, -0.2) is 82.6 Å². The van der Waals surface area contributed by atoms with Gasteiger partial charge < -0.3 is 19.4 Å². The predicted molar refractivity (Wildman–Crippen MR) is 159 cm³/mol. The number of likely N-dealkylation sites (N-methyl/N-ethyl adjacent to an activating group) is 1. The highest BCUT2D eigenvalue weighted by Gasteiger charge is 2.33. The smallest absolute Gasteiger partial charge is 0.320 e. The first-order chi connectivity index (χ1) is 20.4. The molecule has 2 atom stereocenters. The van der Waals surface area contributed by atoms with Crippen molar-refractivity contribution in [1.29, 1.82) is 5.26 Å². The second kappa shape index (κ2) is 12.0. The standard InChI is InChI=1S/C32H36FN7O2/c1-21(33)31(41)40-18-17-39(19-23(40)14-15-34)30-27-12-13-28(26-11-5-8-22-7-3-4-10-25(22)26)35-29(27)36-32(37-30)42-20-24-9-6-16-38(24)2/h5,8,11-13,23-24H,1,3-4,6-7,9-10,14,16-20H2,2H3/t23-,24-/m0/s1. The predicted octanol–water partition coefficient (Wildman–Crippen LogP) is 4.46. The van der Waals surface area contributed by atoms with E-state index in [-0.39, 0.29) is 19.0 Å². The number of nitrogens with zero attached hydrogens (tertiary/aromatic N) is 7. The van der Waals surface area contributed by atoms with Crippen molar-refractivity contribution in [3.63, 3.8) is 0 Å². The lowest BCUT2D eigenvalue weighted by Gasteiger charge is -2.41. The molecule has 9 nitrogen and oxygen atoms in total. The Labute approximate surface area is 245 Å². The highest BCUT2D eigenvalue weighted by atomic mass is 19.1. The zero-order valence-electron chi connectivity index (χ0n) is 24.1. The van der Waals surface area contributed by atoms with Crippen LogP contribution in [0.3, 0.4) is 0 Å². The summed E-state index contributed by atoms with van der Waals surface area (Å²) in [7, 11) is 2.10. The summed E-state index contributed by atoms with van der Waals surface area (Å²) in [6.07, 6.45) is 6.77. The zero-order chi connectivity index (χ0) is 29.2. The number of likely N-dealkylation sites (tertiary alicyclic amines) is 1. The maximum absolute atomic E-state index is 13.8. The average molecular weight is 570 g/mol. The second-order valence-corrected chi connectivity index (χ2v) is 11.5. The molecule has 0 N–H and O–H groups in total. The van der Waals surface area contributed by atoms with Crippen LogP contribution in [-0.2, 0) is 17.6 Å². The minimum Gasteiger partial charge on any atom is -0.462 e. The fourth-order valence-corrected chi connectivity index (χ4v) is 6.56. The number of aryl methyl sites for hydroxylation is 1. The Morgan fingerprint density at radius 1 is 1.10 bits per heavy atom. The van der Waals surface area contributed by atoms with E-state index >= 15 is 0 Å². The molecule has 1 amide bonds. The fourth-order valence-electron chi connectivity index (χ4n) is 6.56. The van der Waals surface area contributed by atoms with Crippen LogP contribution >= 0.6 is 0 Å². The van der Waals surface area contributed by atoms with Crippen molar-refractivity contribution < 1.29 is 13.9 Å². The van der Waals surface area contributed by atoms with E-state index in [2.05, 4.69) is 42.8 Å². The Kier molecular flexibility index (Phi) is 8.02. The van der Waals surface area contributed by atoms with Gasteiger partial charge in [0.15, 0.2) is 11.5 Å². The van der Waals surface area contributed by atoms with Crippen molar-refractivity contribution >= 4 is 22.8 Å². The molecule has 0 saturated carbocycles. The van der Waals surface area contributed by atoms with E-state index < -0.39 is 17.8 Å². The van der Waals surface area contributed by atoms with E-state index in [1.807, 2.05) is 17.0 Å². The summed E-state index contributed by atoms with van der Waals surface area (Å²) < 4.78 is 20.0. The summed E-state index contributed by atoms with van der Waals surface area (Å²) in [5.41, 5.74) is 5.29. The monoisotopic (exact) mass is 569 g/mol. The van der Waals surface area contributed by atoms with Crippen LogP contribution in [0, 0.1) is 11.3 Å². The number of fused-ring (bicyclic) bond motifs is 2. The second-order valence-electron chi connectivity index (χ2n) is 11.5. The van der Waals surface area contributed by atoms with Crippen molar-refractivity contribution in [1.82, 2.24) is 24.8 Å². The molecule has 0 spiro atoms. The van der Waals surface area contributed by atoms with Gasteiger partial charge in [-0.15, -0.1) is 0 Å². The fraction of sp³-hybridized carbons (Fsp3) is 0.469. The molecule has 4 heterocycles. The summed E-state index contributed by atoms with van der Waals surface area (Å²) in [6.45, 7) is 5.65. The van der Waals surface area contributed by atoms with Crippen LogP contribution in [0.2, 0.25) is 0 Å². The maximum Gasteiger partial charge on any atom is 0.320 e. The van der Waals surface area contributed by atoms with Gasteiger partial charge in [-0.2, -0.15) is 15.2 Å². The third kappa shape index (κ3) is 5.53. The SMILES string of the molecule is C=C(F)C(=O)N1CCN(c2nc(OC[C@@H]3CCCN3C)nc3nc(-c4cccc5c4CCCC5)ccc23)C[C@@H]1CC#N. The number of aromatic nitrogens is 3. The molecule has 1 aromatic carbocycles. The highest BCUT2D eigenvalue weighted by molar-refractivity contribution is 5.92. The van der Waals surface area contributed by atoms with Crippen molar-refractivity contribution in [2.45, 2.75) is 57.0 Å². The molecule has 6 rings (SSSR count). The number of hydrogen-bond acceptors (Lipinski definition) is 8. The summed E-state index contributed by atoms with van der Waals surface area (Å²) in [4.78, 5) is 32.8. The van der Waals surface area contributed by atoms with Crippen LogP contribution in [0.15, 0.2) is 42.7 Å². The van der Waals surface area contributed by atoms with Crippen molar-refractivity contribution in [3.05, 3.63) is 53.9 Å². The molecule has 2 aromatic heterocycles. The lowest BCUT2D eigenvalue weighted by molar-refractivity contribution is -0.131. The molecular formula is C32H36FN7O2. The third-order valence-corrected chi connectivity index (χ3v) is 8.87. The average Bonchev–Trinajstić information content (AvgIpc) is 3.43. The first-order valence-electron chi connectivity index (χ1n) is 14.8. The highest BCUT2D eigenvalue weighted by Crippen LogP contribution is 2.34. The first-order valence-corrected chi connectivity index (χ1v) is 14.8. The van der Waals surface area contributed by atoms with Gasteiger partial charge >= 0.3 is 6.01 Å². The number of ether oxygens (including phenoxy) is 1. The van der Waals surface area contributed by atoms with Crippen molar-refractivity contribution in [2.24, 2.45) is 0 Å². The number of halogens is 1. The van der Waals surface area contributed by atoms with Gasteiger partial charge in [-0.1, -0.05) is 24.8 Å². The van der Waals surface area contributed by atoms with Gasteiger partial charge in [0.05, 0.1) is 29.6 Å². The van der Waals surface area contributed by atoms with Gasteiger partial charge in [0.25, 0.3) is 5.91 Å². The quantitative estimate of drug-likeness (QED) is 0.385. The largest absolute Gasteiger partial charge is 0.462 e. The molecule has 10 heteroatoms. The number of carbonyl (C=O) groups is 1. The van der Waals surface area contributed by atoms with E-state index in [1.54, 1.807) is 0 Å². The molecule has 2 fully saturated rings. The Morgan fingerprint density at radius 3 is 2.74 bits per heavy atom. The number of anilines is 1. The number of piperazine rings is 1. The van der Waals surface area contributed by atoms with Crippen molar-refractivity contribution in [2.75, 3.05) is 44.7 Å². The minimum absolute atomic E-state index is 0.0669. The van der Waals surface area contributed by atoms with Crippen molar-refractivity contribution in [3.8, 4) is 23.3 Å². The number of rotatable bonds is 7. The molecule has 0 unspecified atom stereocenters. The number of nitriles is 1. The Morgan fingerprint density at radius 2 is 1.95 bits per heavy atom. The normalized spacial score (nSPS) is 20.8. The Bertz CT molecular complexity index is 1550. The Hall–Kier alpha value is -4.10. The molecule has 42 heavy (non-hydrogen) atoms. The lowest BCUT2D eigenvalue weighted by atomic mass is 9.87. The number of hydrogen-bond donors (Lipinski definition) is 0. The van der Waals surface area contributed by atoms with E-state index in [9.17, 15) is 14.4 Å². The van der Waals surface area contributed by atoms with Gasteiger partial charge in [0.1, 0.15) is 12.4 Å². The molecule has 218 valence electrons. The van der Waals surface area contributed by atoms with E-state index in [0.29, 0.717) is 37.2 Å². The van der Waals surface area contributed by atoms with Crippen LogP contribution < -0.4 is 9.64 Å². The van der Waals surface area contributed by atoms with E-state index in [1.165, 1.54) is 28.9 Å². The number of benzene rings is 1. The number of carbonyl (C=O) groups excluding carboxylic acids is 1. The lowest BCUT2D eigenvalue weighted by Crippen LogP contribution is -2.55. The molecule has 2 saturated heterocycles. The number of amides is 1. The van der Waals surface area contributed by atoms with Crippen LogP contribution in [0.4, 0.5) is 10.2 Å². The summed E-state index contributed by atoms with van der Waals surface area (Å²) >= 11 is 0. The summed E-state index contributed by atoms with van der Waals surface area (Å²) in [5.74, 6) is -1.16. The molecule has 1 aliphatic carbocycles. The molecular weight excluding hydrogens is 533 g/mol. The van der Waals surface area contributed by atoms with Crippen LogP contribution in [0.1, 0.15) is 43.2 Å². The summed E-state index contributed by atoms with van der Waals surface area (Å²) in [6, 6.07) is 12.7. The molecule has 2 aliphatic heterocycles. The third-order valence-electron chi connectivity index (χ3n) is 8.87. The van der Waals surface area contributed by atoms with Crippen LogP contribution in [0.5, 0.6) is 6.01 Å².